The molecule has 7 nitrogen and oxygen atoms in total. The lowest BCUT2D eigenvalue weighted by Gasteiger charge is -2.10. The summed E-state index contributed by atoms with van der Waals surface area (Å²) in [6.45, 7) is 0. The SMILES string of the molecule is CS(=O)(=O)NC(=O)c1cc(Cl)c(-n2nc(/C=C/c3ccccn3)c3cc(Cl)ccc32)cc1F. The summed E-state index contributed by atoms with van der Waals surface area (Å²) in [6.07, 6.45) is 5.97. The lowest BCUT2D eigenvalue weighted by atomic mass is 10.1. The van der Waals surface area contributed by atoms with Crippen molar-refractivity contribution in [3.05, 3.63) is 87.5 Å². The molecule has 0 radical (unpaired) electrons. The molecule has 0 bridgehead atoms. The van der Waals surface area contributed by atoms with Crippen molar-refractivity contribution in [1.82, 2.24) is 19.5 Å². The Morgan fingerprint density at radius 1 is 1.12 bits per heavy atom. The number of nitrogens with one attached hydrogen (secondary N) is 1. The van der Waals surface area contributed by atoms with Crippen molar-refractivity contribution in [3.8, 4) is 5.69 Å². The Morgan fingerprint density at radius 3 is 2.61 bits per heavy atom. The van der Waals surface area contributed by atoms with E-state index in [1.54, 1.807) is 47.3 Å². The highest BCUT2D eigenvalue weighted by atomic mass is 35.5. The second-order valence-corrected chi connectivity index (χ2v) is 9.63. The largest absolute Gasteiger partial charge is 0.268 e. The van der Waals surface area contributed by atoms with Gasteiger partial charge in [0.05, 0.1) is 39.4 Å². The molecule has 2 aromatic carbocycles. The maximum atomic E-state index is 14.8. The maximum Gasteiger partial charge on any atom is 0.267 e. The molecule has 0 atom stereocenters. The zero-order chi connectivity index (χ0) is 23.8. The third-order valence-electron chi connectivity index (χ3n) is 4.56. The van der Waals surface area contributed by atoms with Crippen LogP contribution in [0.5, 0.6) is 0 Å². The smallest absolute Gasteiger partial charge is 0.267 e. The van der Waals surface area contributed by atoms with Crippen molar-refractivity contribution in [2.75, 3.05) is 6.26 Å². The van der Waals surface area contributed by atoms with E-state index in [1.165, 1.54) is 4.68 Å². The van der Waals surface area contributed by atoms with Crippen LogP contribution in [0.15, 0.2) is 54.7 Å². The van der Waals surface area contributed by atoms with Crippen LogP contribution in [-0.2, 0) is 10.0 Å². The minimum absolute atomic E-state index is 0.00495. The molecule has 0 saturated heterocycles. The molecule has 4 aromatic rings. The van der Waals surface area contributed by atoms with E-state index in [9.17, 15) is 17.6 Å². The van der Waals surface area contributed by atoms with Crippen LogP contribution >= 0.6 is 23.2 Å². The van der Waals surface area contributed by atoms with E-state index in [-0.39, 0.29) is 10.7 Å². The third-order valence-corrected chi connectivity index (χ3v) is 5.65. The number of rotatable bonds is 5. The predicted octanol–water partition coefficient (Wildman–Crippen LogP) is 4.73. The number of carbonyl (C=O) groups is 1. The molecule has 0 spiro atoms. The molecule has 168 valence electrons. The Bertz CT molecular complexity index is 1520. The van der Waals surface area contributed by atoms with Crippen molar-refractivity contribution < 1.29 is 17.6 Å². The highest BCUT2D eigenvalue weighted by molar-refractivity contribution is 7.89. The van der Waals surface area contributed by atoms with E-state index in [4.69, 9.17) is 23.2 Å². The minimum Gasteiger partial charge on any atom is -0.268 e. The van der Waals surface area contributed by atoms with Gasteiger partial charge in [0.25, 0.3) is 5.91 Å². The predicted molar refractivity (Wildman–Crippen MR) is 127 cm³/mol. The van der Waals surface area contributed by atoms with Crippen LogP contribution < -0.4 is 4.72 Å². The first-order chi connectivity index (χ1) is 15.6. The van der Waals surface area contributed by atoms with Gasteiger partial charge in [-0.3, -0.25) is 9.78 Å². The Kier molecular flexibility index (Phi) is 6.20. The number of halogens is 3. The summed E-state index contributed by atoms with van der Waals surface area (Å²) in [5.74, 6) is -2.08. The fourth-order valence-electron chi connectivity index (χ4n) is 3.16. The van der Waals surface area contributed by atoms with E-state index in [0.29, 0.717) is 27.3 Å². The number of aromatic nitrogens is 3. The number of hydrogen-bond donors (Lipinski definition) is 1. The van der Waals surface area contributed by atoms with Crippen LogP contribution in [0.4, 0.5) is 4.39 Å². The summed E-state index contributed by atoms with van der Waals surface area (Å²) < 4.78 is 40.6. The van der Waals surface area contributed by atoms with Crippen LogP contribution in [0.25, 0.3) is 28.7 Å². The molecular weight excluding hydrogens is 490 g/mol. The minimum atomic E-state index is -3.87. The molecule has 0 saturated carbocycles. The monoisotopic (exact) mass is 504 g/mol. The normalized spacial score (nSPS) is 11.9. The average molecular weight is 505 g/mol. The first kappa shape index (κ1) is 22.9. The number of amides is 1. The molecule has 2 aromatic heterocycles. The van der Waals surface area contributed by atoms with Gasteiger partial charge in [0.1, 0.15) is 5.82 Å². The van der Waals surface area contributed by atoms with Gasteiger partial charge in [-0.05, 0) is 48.6 Å². The Labute approximate surface area is 198 Å². The van der Waals surface area contributed by atoms with Crippen molar-refractivity contribution in [2.45, 2.75) is 0 Å². The molecular formula is C22H15Cl2FN4O3S. The Balaban J connectivity index is 1.82. The van der Waals surface area contributed by atoms with Gasteiger partial charge < -0.3 is 0 Å². The number of hydrogen-bond acceptors (Lipinski definition) is 5. The number of sulfonamides is 1. The molecule has 0 aliphatic carbocycles. The molecule has 33 heavy (non-hydrogen) atoms. The number of benzene rings is 2. The third kappa shape index (κ3) is 5.05. The molecule has 0 aliphatic heterocycles. The first-order valence-electron chi connectivity index (χ1n) is 9.41. The van der Waals surface area contributed by atoms with Crippen LogP contribution in [0.3, 0.4) is 0 Å². The van der Waals surface area contributed by atoms with Crippen LogP contribution in [-0.4, -0.2) is 35.3 Å². The lowest BCUT2D eigenvalue weighted by Crippen LogP contribution is -2.30. The van der Waals surface area contributed by atoms with Gasteiger partial charge in [-0.2, -0.15) is 5.10 Å². The van der Waals surface area contributed by atoms with Gasteiger partial charge in [-0.25, -0.2) is 22.2 Å². The van der Waals surface area contributed by atoms with E-state index < -0.39 is 27.3 Å². The van der Waals surface area contributed by atoms with Gasteiger partial charge in [0, 0.05) is 22.7 Å². The van der Waals surface area contributed by atoms with E-state index in [1.807, 2.05) is 12.1 Å². The summed E-state index contributed by atoms with van der Waals surface area (Å²) in [5, 5.41) is 5.71. The molecule has 1 N–H and O–H groups in total. The lowest BCUT2D eigenvalue weighted by molar-refractivity contribution is 0.0978. The molecule has 0 aliphatic rings. The maximum absolute atomic E-state index is 14.8. The van der Waals surface area contributed by atoms with Gasteiger partial charge in [-0.1, -0.05) is 29.3 Å². The fourth-order valence-corrected chi connectivity index (χ4v) is 4.02. The van der Waals surface area contributed by atoms with Gasteiger partial charge in [-0.15, -0.1) is 0 Å². The Hall–Kier alpha value is -3.27. The highest BCUT2D eigenvalue weighted by Gasteiger charge is 2.20. The van der Waals surface area contributed by atoms with E-state index >= 15 is 0 Å². The summed E-state index contributed by atoms with van der Waals surface area (Å²) >= 11 is 12.5. The summed E-state index contributed by atoms with van der Waals surface area (Å²) in [7, 11) is -3.87. The van der Waals surface area contributed by atoms with E-state index in [0.717, 1.165) is 18.4 Å². The number of carbonyl (C=O) groups excluding carboxylic acids is 1. The zero-order valence-electron chi connectivity index (χ0n) is 17.0. The van der Waals surface area contributed by atoms with Gasteiger partial charge >= 0.3 is 0 Å². The average Bonchev–Trinajstić information content (AvgIpc) is 3.10. The van der Waals surface area contributed by atoms with Crippen LogP contribution in [0.1, 0.15) is 21.7 Å². The molecule has 0 unspecified atom stereocenters. The van der Waals surface area contributed by atoms with Gasteiger partial charge in [0.15, 0.2) is 0 Å². The summed E-state index contributed by atoms with van der Waals surface area (Å²) in [5.41, 5.74) is 1.50. The molecule has 4 rings (SSSR count). The van der Waals surface area contributed by atoms with Crippen molar-refractivity contribution in [3.63, 3.8) is 0 Å². The molecule has 11 heteroatoms. The number of pyridine rings is 1. The standard InChI is InChI=1S/C22H15Cl2FN4O3S/c1-33(31,32)28-22(30)15-11-17(24)21(12-18(15)25)29-20-8-5-13(23)10-16(20)19(27-29)7-6-14-4-2-3-9-26-14/h2-12H,1H3,(H,28,30)/b7-6+. The van der Waals surface area contributed by atoms with Crippen LogP contribution in [0.2, 0.25) is 10.0 Å². The Morgan fingerprint density at radius 2 is 1.91 bits per heavy atom. The topological polar surface area (TPSA) is 94.0 Å². The van der Waals surface area contributed by atoms with Gasteiger partial charge in [0.2, 0.25) is 10.0 Å². The molecule has 2 heterocycles. The van der Waals surface area contributed by atoms with Crippen molar-refractivity contribution in [2.24, 2.45) is 0 Å². The summed E-state index contributed by atoms with van der Waals surface area (Å²) in [4.78, 5) is 16.3. The number of fused-ring (bicyclic) bond motifs is 1. The summed E-state index contributed by atoms with van der Waals surface area (Å²) in [6, 6.07) is 12.6. The van der Waals surface area contributed by atoms with Crippen LogP contribution in [0, 0.1) is 5.82 Å². The molecule has 0 fully saturated rings. The second kappa shape index (κ2) is 8.93. The molecule has 1 amide bonds. The quantitative estimate of drug-likeness (QED) is 0.424. The first-order valence-corrected chi connectivity index (χ1v) is 12.1. The van der Waals surface area contributed by atoms with E-state index in [2.05, 4.69) is 10.1 Å². The second-order valence-electron chi connectivity index (χ2n) is 7.03. The van der Waals surface area contributed by atoms with Crippen molar-refractivity contribution >= 4 is 62.2 Å². The van der Waals surface area contributed by atoms with Crippen molar-refractivity contribution in [1.29, 1.82) is 0 Å². The number of nitrogens with zero attached hydrogens (tertiary/aromatic N) is 3. The fraction of sp³-hybridized carbons (Fsp3) is 0.0455. The zero-order valence-corrected chi connectivity index (χ0v) is 19.3. The highest BCUT2D eigenvalue weighted by Crippen LogP contribution is 2.31.